The highest BCUT2D eigenvalue weighted by Crippen LogP contribution is 2.33. The zero-order valence-electron chi connectivity index (χ0n) is 10.3. The van der Waals surface area contributed by atoms with Crippen LogP contribution in [-0.4, -0.2) is 0 Å². The lowest BCUT2D eigenvalue weighted by Crippen LogP contribution is -1.94. The Balaban J connectivity index is 2.06. The number of hydrogen-bond donors (Lipinski definition) is 2. The molecule has 3 aromatic rings. The lowest BCUT2D eigenvalue weighted by Gasteiger charge is -2.11. The smallest absolute Gasteiger partial charge is 0.150 e. The molecular weight excluding hydrogens is 236 g/mol. The third kappa shape index (κ3) is 2.18. The van der Waals surface area contributed by atoms with Crippen LogP contribution in [0.4, 0.5) is 11.4 Å². The quantitative estimate of drug-likeness (QED) is 0.680. The Morgan fingerprint density at radius 2 is 1.53 bits per heavy atom. The molecule has 0 unspecified atom stereocenters. The number of hydrogen-bond acceptors (Lipinski definition) is 3. The first-order valence-electron chi connectivity index (χ1n) is 6.04. The van der Waals surface area contributed by atoms with Crippen LogP contribution in [-0.2, 0) is 0 Å². The van der Waals surface area contributed by atoms with Crippen LogP contribution in [0.25, 0.3) is 10.8 Å². The second kappa shape index (κ2) is 4.53. The van der Waals surface area contributed by atoms with Crippen LogP contribution in [0.5, 0.6) is 11.5 Å². The monoisotopic (exact) mass is 250 g/mol. The van der Waals surface area contributed by atoms with E-state index in [4.69, 9.17) is 16.2 Å². The third-order valence-corrected chi connectivity index (χ3v) is 3.00. The van der Waals surface area contributed by atoms with Crippen molar-refractivity contribution >= 4 is 22.1 Å². The van der Waals surface area contributed by atoms with E-state index in [2.05, 4.69) is 12.1 Å². The van der Waals surface area contributed by atoms with Crippen molar-refractivity contribution in [3.8, 4) is 11.5 Å². The molecule has 0 aliphatic heterocycles. The molecule has 0 saturated carbocycles. The summed E-state index contributed by atoms with van der Waals surface area (Å²) < 4.78 is 5.90. The molecule has 4 N–H and O–H groups in total. The van der Waals surface area contributed by atoms with Gasteiger partial charge in [-0.15, -0.1) is 0 Å². The minimum absolute atomic E-state index is 0.535. The minimum Gasteiger partial charge on any atom is -0.455 e. The first kappa shape index (κ1) is 11.4. The number of ether oxygens (including phenoxy) is 1. The topological polar surface area (TPSA) is 61.3 Å². The van der Waals surface area contributed by atoms with Crippen LogP contribution in [0.15, 0.2) is 60.7 Å². The number of rotatable bonds is 2. The zero-order valence-corrected chi connectivity index (χ0v) is 10.3. The first-order valence-corrected chi connectivity index (χ1v) is 6.04. The van der Waals surface area contributed by atoms with Crippen molar-refractivity contribution in [3.05, 3.63) is 60.7 Å². The predicted molar refractivity (Wildman–Crippen MR) is 79.3 cm³/mol. The number of benzene rings is 3. The molecular formula is C16H14N2O. The molecule has 3 nitrogen and oxygen atoms in total. The van der Waals surface area contributed by atoms with Gasteiger partial charge in [0.1, 0.15) is 11.5 Å². The Morgan fingerprint density at radius 1 is 0.737 bits per heavy atom. The van der Waals surface area contributed by atoms with Crippen LogP contribution >= 0.6 is 0 Å². The Labute approximate surface area is 111 Å². The number of anilines is 2. The largest absolute Gasteiger partial charge is 0.455 e. The van der Waals surface area contributed by atoms with Gasteiger partial charge in [-0.3, -0.25) is 0 Å². The molecule has 0 aliphatic carbocycles. The summed E-state index contributed by atoms with van der Waals surface area (Å²) in [5.74, 6) is 1.40. The molecule has 19 heavy (non-hydrogen) atoms. The molecule has 0 amide bonds. The van der Waals surface area contributed by atoms with Crippen molar-refractivity contribution in [2.24, 2.45) is 0 Å². The summed E-state index contributed by atoms with van der Waals surface area (Å²) in [5.41, 5.74) is 12.7. The predicted octanol–water partition coefficient (Wildman–Crippen LogP) is 3.80. The molecule has 0 atom stereocenters. The average Bonchev–Trinajstić information content (AvgIpc) is 2.42. The van der Waals surface area contributed by atoms with Crippen molar-refractivity contribution in [1.29, 1.82) is 0 Å². The Morgan fingerprint density at radius 3 is 2.37 bits per heavy atom. The van der Waals surface area contributed by atoms with Gasteiger partial charge in [-0.05, 0) is 29.7 Å². The van der Waals surface area contributed by atoms with E-state index in [1.165, 1.54) is 0 Å². The van der Waals surface area contributed by atoms with Crippen molar-refractivity contribution in [2.75, 3.05) is 11.5 Å². The van der Waals surface area contributed by atoms with Gasteiger partial charge in [0.15, 0.2) is 0 Å². The molecule has 3 aromatic carbocycles. The summed E-state index contributed by atoms with van der Waals surface area (Å²) in [6.07, 6.45) is 0. The van der Waals surface area contributed by atoms with Crippen LogP contribution in [0, 0.1) is 0 Å². The highest BCUT2D eigenvalue weighted by Gasteiger charge is 2.05. The van der Waals surface area contributed by atoms with Crippen LogP contribution in [0.3, 0.4) is 0 Å². The van der Waals surface area contributed by atoms with Crippen molar-refractivity contribution in [2.45, 2.75) is 0 Å². The van der Waals surface area contributed by atoms with Gasteiger partial charge >= 0.3 is 0 Å². The van der Waals surface area contributed by atoms with Gasteiger partial charge in [0.25, 0.3) is 0 Å². The fourth-order valence-corrected chi connectivity index (χ4v) is 2.06. The summed E-state index contributed by atoms with van der Waals surface area (Å²) in [6.45, 7) is 0. The van der Waals surface area contributed by atoms with Gasteiger partial charge in [-0.25, -0.2) is 0 Å². The Bertz CT molecular complexity index is 732. The zero-order chi connectivity index (χ0) is 13.2. The maximum Gasteiger partial charge on any atom is 0.150 e. The van der Waals surface area contributed by atoms with Crippen molar-refractivity contribution in [3.63, 3.8) is 0 Å². The number of nitrogens with two attached hydrogens (primary N) is 2. The molecule has 94 valence electrons. The van der Waals surface area contributed by atoms with Gasteiger partial charge in [-0.2, -0.15) is 0 Å². The lowest BCUT2D eigenvalue weighted by atomic mass is 10.1. The fourth-order valence-electron chi connectivity index (χ4n) is 2.06. The Hall–Kier alpha value is -2.68. The van der Waals surface area contributed by atoms with E-state index in [-0.39, 0.29) is 0 Å². The maximum absolute atomic E-state index is 5.91. The second-order valence-electron chi connectivity index (χ2n) is 4.38. The van der Waals surface area contributed by atoms with Gasteiger partial charge in [0.2, 0.25) is 0 Å². The van der Waals surface area contributed by atoms with E-state index in [1.54, 1.807) is 18.2 Å². The first-order chi connectivity index (χ1) is 9.24. The fraction of sp³-hybridized carbons (Fsp3) is 0. The van der Waals surface area contributed by atoms with Crippen molar-refractivity contribution < 1.29 is 4.74 Å². The summed E-state index contributed by atoms with van der Waals surface area (Å²) in [5, 5.41) is 2.19. The second-order valence-corrected chi connectivity index (χ2v) is 4.38. The molecule has 3 rings (SSSR count). The van der Waals surface area contributed by atoms with Gasteiger partial charge in [0, 0.05) is 11.1 Å². The number of nitrogen functional groups attached to an aromatic ring is 2. The molecule has 0 aliphatic rings. The SMILES string of the molecule is Nc1ccc(Oc2cccc3ccccc23)c(N)c1. The van der Waals surface area contributed by atoms with Crippen LogP contribution in [0.2, 0.25) is 0 Å². The molecule has 0 fully saturated rings. The van der Waals surface area contributed by atoms with E-state index in [9.17, 15) is 0 Å². The molecule has 3 heteroatoms. The van der Waals surface area contributed by atoms with Gasteiger partial charge < -0.3 is 16.2 Å². The molecule has 0 spiro atoms. The Kier molecular flexibility index (Phi) is 2.72. The molecule has 0 saturated heterocycles. The summed E-state index contributed by atoms with van der Waals surface area (Å²) in [7, 11) is 0. The van der Waals surface area contributed by atoms with E-state index in [0.29, 0.717) is 17.1 Å². The summed E-state index contributed by atoms with van der Waals surface area (Å²) in [6, 6.07) is 19.3. The minimum atomic E-state index is 0.535. The van der Waals surface area contributed by atoms with E-state index < -0.39 is 0 Å². The average molecular weight is 250 g/mol. The van der Waals surface area contributed by atoms with Crippen LogP contribution in [0.1, 0.15) is 0 Å². The highest BCUT2D eigenvalue weighted by atomic mass is 16.5. The standard InChI is InChI=1S/C16H14N2O/c17-12-8-9-16(14(18)10-12)19-15-7-3-5-11-4-1-2-6-13(11)15/h1-10H,17-18H2. The van der Waals surface area contributed by atoms with Gasteiger partial charge in [-0.1, -0.05) is 36.4 Å². The van der Waals surface area contributed by atoms with Gasteiger partial charge in [0.05, 0.1) is 5.69 Å². The van der Waals surface area contributed by atoms with E-state index in [1.807, 2.05) is 30.3 Å². The normalized spacial score (nSPS) is 10.5. The van der Waals surface area contributed by atoms with E-state index in [0.717, 1.165) is 16.5 Å². The summed E-state index contributed by atoms with van der Waals surface area (Å²) >= 11 is 0. The molecule has 0 aromatic heterocycles. The van der Waals surface area contributed by atoms with Crippen LogP contribution < -0.4 is 16.2 Å². The molecule has 0 bridgehead atoms. The number of fused-ring (bicyclic) bond motifs is 1. The molecule has 0 heterocycles. The highest BCUT2D eigenvalue weighted by molar-refractivity contribution is 5.88. The summed E-state index contributed by atoms with van der Waals surface area (Å²) in [4.78, 5) is 0. The lowest BCUT2D eigenvalue weighted by molar-refractivity contribution is 0.491. The maximum atomic E-state index is 5.91. The third-order valence-electron chi connectivity index (χ3n) is 3.00. The van der Waals surface area contributed by atoms with Crippen molar-refractivity contribution in [1.82, 2.24) is 0 Å². The van der Waals surface area contributed by atoms with E-state index >= 15 is 0 Å². The molecule has 0 radical (unpaired) electrons.